The van der Waals surface area contributed by atoms with E-state index in [9.17, 15) is 9.90 Å². The monoisotopic (exact) mass is 255 g/mol. The third kappa shape index (κ3) is 2.54. The molecule has 0 aromatic carbocycles. The average Bonchev–Trinajstić information content (AvgIpc) is 2.49. The van der Waals surface area contributed by atoms with Crippen LogP contribution in [0.15, 0.2) is 0 Å². The molecule has 0 amide bonds. The fourth-order valence-corrected chi connectivity index (χ4v) is 4.14. The van der Waals surface area contributed by atoms with E-state index in [-0.39, 0.29) is 17.4 Å². The van der Waals surface area contributed by atoms with Gasteiger partial charge in [-0.2, -0.15) is 0 Å². The van der Waals surface area contributed by atoms with Gasteiger partial charge in [-0.3, -0.25) is 9.69 Å². The van der Waals surface area contributed by atoms with Crippen LogP contribution in [0, 0.1) is 11.3 Å². The third-order valence-electron chi connectivity index (χ3n) is 4.66. The molecule has 1 aliphatic carbocycles. The molecular formula is C14H25NO3. The molecule has 0 spiro atoms. The summed E-state index contributed by atoms with van der Waals surface area (Å²) in [7, 11) is 0. The molecule has 1 saturated heterocycles. The molecule has 1 aliphatic heterocycles. The molecule has 1 N–H and O–H groups in total. The Morgan fingerprint density at radius 3 is 2.44 bits per heavy atom. The van der Waals surface area contributed by atoms with Gasteiger partial charge >= 0.3 is 5.97 Å². The fourth-order valence-electron chi connectivity index (χ4n) is 4.14. The van der Waals surface area contributed by atoms with E-state index in [1.165, 1.54) is 0 Å². The fraction of sp³-hybridized carbons (Fsp3) is 0.929. The van der Waals surface area contributed by atoms with Crippen molar-refractivity contribution < 1.29 is 14.6 Å². The lowest BCUT2D eigenvalue weighted by Gasteiger charge is -2.46. The zero-order valence-electron chi connectivity index (χ0n) is 11.7. The van der Waals surface area contributed by atoms with Crippen molar-refractivity contribution >= 4 is 5.97 Å². The van der Waals surface area contributed by atoms with Crippen LogP contribution in [0.1, 0.15) is 40.0 Å². The molecule has 0 aromatic heterocycles. The van der Waals surface area contributed by atoms with Crippen molar-refractivity contribution in [3.8, 4) is 0 Å². The first-order valence-electron chi connectivity index (χ1n) is 6.90. The van der Waals surface area contributed by atoms with Gasteiger partial charge in [0.1, 0.15) is 0 Å². The number of carboxylic acids is 1. The summed E-state index contributed by atoms with van der Waals surface area (Å²) in [4.78, 5) is 13.7. The molecule has 1 saturated carbocycles. The van der Waals surface area contributed by atoms with Crippen LogP contribution in [0.5, 0.6) is 0 Å². The highest BCUT2D eigenvalue weighted by atomic mass is 16.5. The molecule has 2 rings (SSSR count). The number of ether oxygens (including phenoxy) is 1. The van der Waals surface area contributed by atoms with E-state index in [0.717, 1.165) is 39.1 Å². The largest absolute Gasteiger partial charge is 0.481 e. The van der Waals surface area contributed by atoms with Gasteiger partial charge in [-0.15, -0.1) is 0 Å². The number of aliphatic carboxylic acids is 1. The van der Waals surface area contributed by atoms with Crippen LogP contribution in [0.4, 0.5) is 0 Å². The number of morpholine rings is 1. The van der Waals surface area contributed by atoms with Gasteiger partial charge in [0.05, 0.1) is 19.6 Å². The lowest BCUT2D eigenvalue weighted by molar-refractivity contribution is -0.143. The summed E-state index contributed by atoms with van der Waals surface area (Å²) in [6.45, 7) is 9.93. The smallest absolute Gasteiger partial charge is 0.305 e. The number of hydrogen-bond acceptors (Lipinski definition) is 3. The van der Waals surface area contributed by atoms with Gasteiger partial charge in [0.15, 0.2) is 0 Å². The summed E-state index contributed by atoms with van der Waals surface area (Å²) >= 11 is 0. The first-order valence-corrected chi connectivity index (χ1v) is 6.90. The summed E-state index contributed by atoms with van der Waals surface area (Å²) in [5.74, 6) is -0.243. The van der Waals surface area contributed by atoms with Crippen molar-refractivity contribution in [2.75, 3.05) is 26.3 Å². The predicted octanol–water partition coefficient (Wildman–Crippen LogP) is 1.99. The summed E-state index contributed by atoms with van der Waals surface area (Å²) in [6, 6.07) is 0. The van der Waals surface area contributed by atoms with Crippen molar-refractivity contribution in [3.63, 3.8) is 0 Å². The van der Waals surface area contributed by atoms with Gasteiger partial charge in [0.2, 0.25) is 0 Å². The minimum Gasteiger partial charge on any atom is -0.481 e. The van der Waals surface area contributed by atoms with Crippen LogP contribution < -0.4 is 0 Å². The van der Waals surface area contributed by atoms with Crippen LogP contribution in [0.2, 0.25) is 0 Å². The van der Waals surface area contributed by atoms with Crippen LogP contribution in [-0.2, 0) is 9.53 Å². The summed E-state index contributed by atoms with van der Waals surface area (Å²) in [6.07, 6.45) is 2.35. The van der Waals surface area contributed by atoms with E-state index in [1.807, 2.05) is 0 Å². The highest BCUT2D eigenvalue weighted by Gasteiger charge is 2.53. The molecule has 104 valence electrons. The predicted molar refractivity (Wildman–Crippen MR) is 69.6 cm³/mol. The lowest BCUT2D eigenvalue weighted by atomic mass is 9.81. The maximum Gasteiger partial charge on any atom is 0.305 e. The van der Waals surface area contributed by atoms with Gasteiger partial charge in [0.25, 0.3) is 0 Å². The zero-order valence-corrected chi connectivity index (χ0v) is 11.7. The Morgan fingerprint density at radius 2 is 2.00 bits per heavy atom. The SMILES string of the molecule is CC1CC(C)(C)CC1(CC(=O)O)N1CCOCC1. The highest BCUT2D eigenvalue weighted by molar-refractivity contribution is 5.68. The van der Waals surface area contributed by atoms with E-state index < -0.39 is 5.97 Å². The van der Waals surface area contributed by atoms with Gasteiger partial charge in [0, 0.05) is 18.6 Å². The summed E-state index contributed by atoms with van der Waals surface area (Å²) in [5, 5.41) is 9.30. The Morgan fingerprint density at radius 1 is 1.39 bits per heavy atom. The summed E-state index contributed by atoms with van der Waals surface area (Å²) in [5.41, 5.74) is 0.0757. The van der Waals surface area contributed by atoms with Crippen molar-refractivity contribution in [1.82, 2.24) is 4.90 Å². The molecule has 1 heterocycles. The Balaban J connectivity index is 2.25. The molecule has 0 bridgehead atoms. The molecule has 2 aliphatic rings. The van der Waals surface area contributed by atoms with E-state index in [0.29, 0.717) is 5.92 Å². The zero-order chi connectivity index (χ0) is 13.4. The Bertz CT molecular complexity index is 323. The third-order valence-corrected chi connectivity index (χ3v) is 4.66. The summed E-state index contributed by atoms with van der Waals surface area (Å²) < 4.78 is 5.41. The van der Waals surface area contributed by atoms with Crippen molar-refractivity contribution in [2.45, 2.75) is 45.6 Å². The van der Waals surface area contributed by atoms with Gasteiger partial charge in [-0.1, -0.05) is 20.8 Å². The number of carbonyl (C=O) groups is 1. The van der Waals surface area contributed by atoms with E-state index >= 15 is 0 Å². The molecule has 4 nitrogen and oxygen atoms in total. The second-order valence-electron chi connectivity index (χ2n) is 6.72. The normalized spacial score (nSPS) is 36.7. The number of rotatable bonds is 3. The Kier molecular flexibility index (Phi) is 3.70. The molecule has 18 heavy (non-hydrogen) atoms. The van der Waals surface area contributed by atoms with Crippen molar-refractivity contribution in [2.24, 2.45) is 11.3 Å². The highest BCUT2D eigenvalue weighted by Crippen LogP contribution is 2.52. The quantitative estimate of drug-likeness (QED) is 0.838. The first kappa shape index (κ1) is 13.8. The minimum absolute atomic E-state index is 0.168. The molecular weight excluding hydrogens is 230 g/mol. The number of hydrogen-bond donors (Lipinski definition) is 1. The lowest BCUT2D eigenvalue weighted by Crippen LogP contribution is -2.56. The molecule has 4 heteroatoms. The van der Waals surface area contributed by atoms with Crippen LogP contribution in [-0.4, -0.2) is 47.8 Å². The first-order chi connectivity index (χ1) is 8.36. The van der Waals surface area contributed by atoms with Crippen LogP contribution >= 0.6 is 0 Å². The molecule has 2 atom stereocenters. The molecule has 0 radical (unpaired) electrons. The Labute approximate surface area is 109 Å². The number of carboxylic acid groups (broad SMARTS) is 1. The average molecular weight is 255 g/mol. The molecule has 2 fully saturated rings. The van der Waals surface area contributed by atoms with Gasteiger partial charge < -0.3 is 9.84 Å². The topological polar surface area (TPSA) is 49.8 Å². The van der Waals surface area contributed by atoms with E-state index in [4.69, 9.17) is 4.74 Å². The number of nitrogens with zero attached hydrogens (tertiary/aromatic N) is 1. The van der Waals surface area contributed by atoms with Crippen molar-refractivity contribution in [3.05, 3.63) is 0 Å². The van der Waals surface area contributed by atoms with E-state index in [1.54, 1.807) is 0 Å². The maximum atomic E-state index is 11.3. The van der Waals surface area contributed by atoms with Crippen molar-refractivity contribution in [1.29, 1.82) is 0 Å². The van der Waals surface area contributed by atoms with Crippen LogP contribution in [0.3, 0.4) is 0 Å². The second-order valence-corrected chi connectivity index (χ2v) is 6.72. The second kappa shape index (κ2) is 4.82. The standard InChI is InChI=1S/C14H25NO3/c1-11-8-13(2,3)10-14(11,9-12(16)17)15-4-6-18-7-5-15/h11H,4-10H2,1-3H3,(H,16,17). The maximum absolute atomic E-state index is 11.3. The van der Waals surface area contributed by atoms with Gasteiger partial charge in [-0.05, 0) is 24.2 Å². The van der Waals surface area contributed by atoms with E-state index in [2.05, 4.69) is 25.7 Å². The Hall–Kier alpha value is -0.610. The minimum atomic E-state index is -0.675. The molecule has 2 unspecified atom stereocenters. The van der Waals surface area contributed by atoms with Crippen LogP contribution in [0.25, 0.3) is 0 Å². The molecule has 0 aromatic rings. The van der Waals surface area contributed by atoms with Gasteiger partial charge in [-0.25, -0.2) is 0 Å².